The van der Waals surface area contributed by atoms with Crippen molar-refractivity contribution < 1.29 is 9.59 Å². The predicted octanol–water partition coefficient (Wildman–Crippen LogP) is 3.35. The van der Waals surface area contributed by atoms with Crippen LogP contribution in [0.3, 0.4) is 0 Å². The molecule has 0 unspecified atom stereocenters. The highest BCUT2D eigenvalue weighted by atomic mass is 16.1. The van der Waals surface area contributed by atoms with E-state index in [2.05, 4.69) is 0 Å². The summed E-state index contributed by atoms with van der Waals surface area (Å²) in [7, 11) is 0. The van der Waals surface area contributed by atoms with Gasteiger partial charge < -0.3 is 0 Å². The molecule has 0 saturated carbocycles. The molecule has 0 radical (unpaired) electrons. The maximum atomic E-state index is 11.7. The Labute approximate surface area is 102 Å². The van der Waals surface area contributed by atoms with Gasteiger partial charge in [0, 0.05) is 12.0 Å². The first-order chi connectivity index (χ1) is 8.34. The minimum atomic E-state index is 0.130. The molecule has 2 heteroatoms. The minimum absolute atomic E-state index is 0.130. The van der Waals surface area contributed by atoms with Gasteiger partial charge >= 0.3 is 0 Å². The fourth-order valence-electron chi connectivity index (χ4n) is 1.39. The van der Waals surface area contributed by atoms with Gasteiger partial charge in [-0.05, 0) is 18.9 Å². The summed E-state index contributed by atoms with van der Waals surface area (Å²) in [5.41, 5.74) is 0.748. The van der Waals surface area contributed by atoms with Crippen LogP contribution in [0.4, 0.5) is 0 Å². The summed E-state index contributed by atoms with van der Waals surface area (Å²) in [5, 5.41) is 0. The minimum Gasteiger partial charge on any atom is -0.299 e. The van der Waals surface area contributed by atoms with Crippen molar-refractivity contribution in [1.29, 1.82) is 0 Å². The first-order valence-corrected chi connectivity index (χ1v) is 5.68. The molecule has 1 aromatic carbocycles. The number of allylic oxidation sites excluding steroid dienone is 4. The second kappa shape index (κ2) is 8.22. The van der Waals surface area contributed by atoms with Crippen LogP contribution in [0.25, 0.3) is 0 Å². The lowest BCUT2D eigenvalue weighted by Crippen LogP contribution is -1.95. The monoisotopic (exact) mass is 228 g/mol. The first kappa shape index (κ1) is 13.1. The third kappa shape index (κ3) is 5.61. The molecule has 0 heterocycles. The molecule has 0 bridgehead atoms. The van der Waals surface area contributed by atoms with Gasteiger partial charge in [0.15, 0.2) is 5.78 Å². The van der Waals surface area contributed by atoms with E-state index in [0.29, 0.717) is 6.42 Å². The van der Waals surface area contributed by atoms with Crippen LogP contribution >= 0.6 is 0 Å². The molecule has 0 spiro atoms. The summed E-state index contributed by atoms with van der Waals surface area (Å²) in [6.07, 6.45) is 10.0. The third-order valence-electron chi connectivity index (χ3n) is 2.28. The van der Waals surface area contributed by atoms with Gasteiger partial charge in [-0.3, -0.25) is 9.59 Å². The molecule has 0 fully saturated rings. The lowest BCUT2D eigenvalue weighted by molar-refractivity contribution is -0.104. The lowest BCUT2D eigenvalue weighted by Gasteiger charge is -1.95. The second-order valence-corrected chi connectivity index (χ2v) is 3.61. The second-order valence-electron chi connectivity index (χ2n) is 3.61. The van der Waals surface area contributed by atoms with Crippen molar-refractivity contribution in [2.75, 3.05) is 0 Å². The van der Waals surface area contributed by atoms with Gasteiger partial charge in [-0.15, -0.1) is 0 Å². The van der Waals surface area contributed by atoms with Crippen molar-refractivity contribution in [3.8, 4) is 0 Å². The summed E-state index contributed by atoms with van der Waals surface area (Å²) in [4.78, 5) is 21.7. The molecular weight excluding hydrogens is 212 g/mol. The molecule has 0 amide bonds. The topological polar surface area (TPSA) is 34.1 Å². The van der Waals surface area contributed by atoms with E-state index >= 15 is 0 Å². The molecule has 88 valence electrons. The third-order valence-corrected chi connectivity index (χ3v) is 2.28. The van der Waals surface area contributed by atoms with E-state index in [0.717, 1.165) is 24.7 Å². The van der Waals surface area contributed by atoms with E-state index in [1.54, 1.807) is 0 Å². The summed E-state index contributed by atoms with van der Waals surface area (Å²) in [6.45, 7) is 0. The molecule has 0 N–H and O–H groups in total. The molecule has 0 atom stereocenters. The Morgan fingerprint density at radius 2 is 1.71 bits per heavy atom. The molecule has 1 rings (SSSR count). The van der Waals surface area contributed by atoms with Crippen molar-refractivity contribution in [2.24, 2.45) is 0 Å². The van der Waals surface area contributed by atoms with Crippen LogP contribution in [0.2, 0.25) is 0 Å². The Balaban J connectivity index is 2.26. The smallest absolute Gasteiger partial charge is 0.166 e. The average Bonchev–Trinajstić information content (AvgIpc) is 2.38. The van der Waals surface area contributed by atoms with Gasteiger partial charge in [0.1, 0.15) is 6.29 Å². The van der Waals surface area contributed by atoms with Gasteiger partial charge in [-0.25, -0.2) is 0 Å². The van der Waals surface area contributed by atoms with Crippen LogP contribution in [0.5, 0.6) is 0 Å². The van der Waals surface area contributed by atoms with Crippen LogP contribution in [-0.4, -0.2) is 12.1 Å². The molecule has 1 aromatic rings. The van der Waals surface area contributed by atoms with Crippen LogP contribution in [-0.2, 0) is 4.79 Å². The van der Waals surface area contributed by atoms with E-state index in [4.69, 9.17) is 0 Å². The maximum Gasteiger partial charge on any atom is 0.166 e. The van der Waals surface area contributed by atoms with Crippen LogP contribution in [0.15, 0.2) is 54.6 Å². The molecular formula is C15H16O2. The Hall–Kier alpha value is -1.96. The number of aldehydes is 1. The molecule has 0 saturated heterocycles. The number of hydrogen-bond acceptors (Lipinski definition) is 2. The number of carbonyl (C=O) groups is 2. The number of ketones is 1. The average molecular weight is 228 g/mol. The molecule has 0 aliphatic heterocycles. The maximum absolute atomic E-state index is 11.7. The van der Waals surface area contributed by atoms with E-state index in [-0.39, 0.29) is 5.78 Å². The largest absolute Gasteiger partial charge is 0.299 e. The van der Waals surface area contributed by atoms with Gasteiger partial charge in [-0.2, -0.15) is 0 Å². The quantitative estimate of drug-likeness (QED) is 0.236. The Kier molecular flexibility index (Phi) is 6.34. The van der Waals surface area contributed by atoms with Crippen LogP contribution in [0, 0.1) is 0 Å². The summed E-state index contributed by atoms with van der Waals surface area (Å²) >= 11 is 0. The number of rotatable bonds is 7. The van der Waals surface area contributed by atoms with Gasteiger partial charge in [0.2, 0.25) is 0 Å². The highest BCUT2D eigenvalue weighted by Gasteiger charge is 2.00. The summed E-state index contributed by atoms with van der Waals surface area (Å²) < 4.78 is 0. The molecule has 17 heavy (non-hydrogen) atoms. The van der Waals surface area contributed by atoms with Gasteiger partial charge in [0.05, 0.1) is 0 Å². The number of unbranched alkanes of at least 4 members (excludes halogenated alkanes) is 1. The van der Waals surface area contributed by atoms with Crippen molar-refractivity contribution in [3.05, 3.63) is 60.2 Å². The fourth-order valence-corrected chi connectivity index (χ4v) is 1.39. The molecule has 0 aliphatic rings. The lowest BCUT2D eigenvalue weighted by atomic mass is 10.1. The van der Waals surface area contributed by atoms with Crippen LogP contribution < -0.4 is 0 Å². The van der Waals surface area contributed by atoms with Crippen molar-refractivity contribution in [2.45, 2.75) is 19.3 Å². The highest BCUT2D eigenvalue weighted by Crippen LogP contribution is 2.04. The zero-order valence-corrected chi connectivity index (χ0v) is 9.71. The normalized spacial score (nSPS) is 11.1. The van der Waals surface area contributed by atoms with Crippen LogP contribution in [0.1, 0.15) is 29.6 Å². The Bertz CT molecular complexity index is 402. The number of hydrogen-bond donors (Lipinski definition) is 0. The highest BCUT2D eigenvalue weighted by molar-refractivity contribution is 5.96. The SMILES string of the molecule is O=C/C=C/CC/C=C/CC(=O)c1ccccc1. The molecule has 0 aromatic heterocycles. The van der Waals surface area contributed by atoms with Gasteiger partial charge in [-0.1, -0.05) is 48.6 Å². The van der Waals surface area contributed by atoms with E-state index < -0.39 is 0 Å². The van der Waals surface area contributed by atoms with E-state index in [9.17, 15) is 9.59 Å². The van der Waals surface area contributed by atoms with E-state index in [1.807, 2.05) is 48.6 Å². The molecule has 2 nitrogen and oxygen atoms in total. The first-order valence-electron chi connectivity index (χ1n) is 5.68. The zero-order chi connectivity index (χ0) is 12.3. The predicted molar refractivity (Wildman–Crippen MR) is 69.0 cm³/mol. The van der Waals surface area contributed by atoms with Crippen molar-refractivity contribution in [3.63, 3.8) is 0 Å². The number of Topliss-reactive ketones (excluding diaryl/α,β-unsaturated/α-hetero) is 1. The van der Waals surface area contributed by atoms with Crippen molar-refractivity contribution >= 4 is 12.1 Å². The number of benzene rings is 1. The standard InChI is InChI=1S/C15H16O2/c16-13-9-4-2-1-3-8-12-15(17)14-10-6-5-7-11-14/h3-11,13H,1-2,12H2/b8-3+,9-4+. The van der Waals surface area contributed by atoms with Crippen molar-refractivity contribution in [1.82, 2.24) is 0 Å². The summed E-state index contributed by atoms with van der Waals surface area (Å²) in [5.74, 6) is 0.130. The number of carbonyl (C=O) groups excluding carboxylic acids is 2. The zero-order valence-electron chi connectivity index (χ0n) is 9.71. The summed E-state index contributed by atoms with van der Waals surface area (Å²) in [6, 6.07) is 9.26. The fraction of sp³-hybridized carbons (Fsp3) is 0.200. The Morgan fingerprint density at radius 1 is 1.00 bits per heavy atom. The Morgan fingerprint density at radius 3 is 2.41 bits per heavy atom. The van der Waals surface area contributed by atoms with Gasteiger partial charge in [0.25, 0.3) is 0 Å². The molecule has 0 aliphatic carbocycles. The van der Waals surface area contributed by atoms with E-state index in [1.165, 1.54) is 6.08 Å².